The third-order valence-corrected chi connectivity index (χ3v) is 3.38. The summed E-state index contributed by atoms with van der Waals surface area (Å²) in [5.41, 5.74) is 21.0. The zero-order valence-electron chi connectivity index (χ0n) is 15.4. The van der Waals surface area contributed by atoms with E-state index in [1.165, 1.54) is 6.21 Å². The first kappa shape index (κ1) is 30.1. The molecule has 13 heteroatoms. The number of rotatable bonds is 4. The van der Waals surface area contributed by atoms with Crippen molar-refractivity contribution in [2.75, 3.05) is 6.54 Å². The molecule has 8 nitrogen and oxygen atoms in total. The van der Waals surface area contributed by atoms with Crippen molar-refractivity contribution in [3.05, 3.63) is 67.6 Å². The highest BCUT2D eigenvalue weighted by molar-refractivity contribution is 6.35. The number of hydrogen-bond acceptors (Lipinski definition) is 5. The summed E-state index contributed by atoms with van der Waals surface area (Å²) in [5, 5.41) is 15.5. The summed E-state index contributed by atoms with van der Waals surface area (Å²) in [7, 11) is 0. The monoisotopic (exact) mass is 513 g/mol. The van der Waals surface area contributed by atoms with Gasteiger partial charge in [-0.05, 0) is 42.0 Å². The van der Waals surface area contributed by atoms with Gasteiger partial charge in [-0.15, -0.1) is 17.5 Å². The second-order valence-corrected chi connectivity index (χ2v) is 6.77. The number of amidine groups is 1. The molecule has 2 rings (SSSR count). The van der Waals surface area contributed by atoms with Gasteiger partial charge in [0, 0.05) is 25.7 Å². The van der Waals surface area contributed by atoms with Crippen LogP contribution in [0.15, 0.2) is 46.6 Å². The van der Waals surface area contributed by atoms with Gasteiger partial charge in [0.2, 0.25) is 5.96 Å². The summed E-state index contributed by atoms with van der Waals surface area (Å²) in [6, 6.07) is 9.70. The lowest BCUT2D eigenvalue weighted by atomic mass is 10.2. The summed E-state index contributed by atoms with van der Waals surface area (Å²) in [6.07, 6.45) is 2.16. The number of hydrogen-bond donors (Lipinski definition) is 5. The van der Waals surface area contributed by atoms with E-state index in [2.05, 4.69) is 10.2 Å². The van der Waals surface area contributed by atoms with E-state index < -0.39 is 0 Å². The SMILES string of the molecule is Cl.N=C(N)CN.NC(N)=N/N=C/c1cc(Cl)cc(Cl)c1.O=Cc1cc(Cl)cc(Cl)c1. The molecule has 0 heterocycles. The van der Waals surface area contributed by atoms with Crippen LogP contribution in [0.2, 0.25) is 20.1 Å². The molecule has 0 aromatic heterocycles. The molecule has 0 fully saturated rings. The average molecular weight is 516 g/mol. The molecule has 0 aliphatic carbocycles. The normalized spacial score (nSPS) is 9.23. The van der Waals surface area contributed by atoms with Crippen LogP contribution in [0.4, 0.5) is 0 Å². The van der Waals surface area contributed by atoms with E-state index in [-0.39, 0.29) is 30.7 Å². The Balaban J connectivity index is 0. The van der Waals surface area contributed by atoms with E-state index in [9.17, 15) is 4.79 Å². The minimum absolute atomic E-state index is 0. The molecule has 0 aliphatic heterocycles. The maximum atomic E-state index is 10.2. The van der Waals surface area contributed by atoms with Gasteiger partial charge in [0.05, 0.1) is 12.8 Å². The van der Waals surface area contributed by atoms with Crippen LogP contribution in [-0.2, 0) is 0 Å². The summed E-state index contributed by atoms with van der Waals surface area (Å²) in [4.78, 5) is 10.2. The predicted molar refractivity (Wildman–Crippen MR) is 130 cm³/mol. The quantitative estimate of drug-likeness (QED) is 0.181. The molecule has 2 aromatic rings. The van der Waals surface area contributed by atoms with Crippen LogP contribution in [-0.4, -0.2) is 30.8 Å². The van der Waals surface area contributed by atoms with Gasteiger partial charge in [0.15, 0.2) is 0 Å². The van der Waals surface area contributed by atoms with Crippen LogP contribution >= 0.6 is 58.8 Å². The highest BCUT2D eigenvalue weighted by atomic mass is 35.5. The number of nitrogens with two attached hydrogens (primary N) is 4. The number of nitrogens with zero attached hydrogens (tertiary/aromatic N) is 2. The van der Waals surface area contributed by atoms with Crippen molar-refractivity contribution in [1.29, 1.82) is 5.41 Å². The smallest absolute Gasteiger partial charge is 0.211 e. The van der Waals surface area contributed by atoms with Crippen LogP contribution in [0, 0.1) is 5.41 Å². The Morgan fingerprint density at radius 1 is 0.867 bits per heavy atom. The van der Waals surface area contributed by atoms with Crippen LogP contribution in [0.5, 0.6) is 0 Å². The maximum Gasteiger partial charge on any atom is 0.211 e. The van der Waals surface area contributed by atoms with E-state index in [1.54, 1.807) is 36.4 Å². The van der Waals surface area contributed by atoms with Crippen LogP contribution in [0.1, 0.15) is 15.9 Å². The zero-order chi connectivity index (χ0) is 22.4. The molecule has 0 atom stereocenters. The zero-order valence-corrected chi connectivity index (χ0v) is 19.2. The van der Waals surface area contributed by atoms with Crippen LogP contribution < -0.4 is 22.9 Å². The Kier molecular flexibility index (Phi) is 16.8. The molecule has 0 radical (unpaired) electrons. The van der Waals surface area contributed by atoms with Gasteiger partial charge in [-0.25, -0.2) is 0 Å². The largest absolute Gasteiger partial charge is 0.387 e. The Morgan fingerprint density at radius 2 is 1.23 bits per heavy atom. The fourth-order valence-corrected chi connectivity index (χ4v) is 2.54. The van der Waals surface area contributed by atoms with E-state index in [4.69, 9.17) is 74.7 Å². The number of carbonyl (C=O) groups excluding carboxylic acids is 1. The first-order valence-corrected chi connectivity index (χ1v) is 9.10. The summed E-state index contributed by atoms with van der Waals surface area (Å²) < 4.78 is 0. The van der Waals surface area contributed by atoms with Gasteiger partial charge < -0.3 is 22.9 Å². The lowest BCUT2D eigenvalue weighted by Gasteiger charge is -1.95. The Hall–Kier alpha value is -2.07. The van der Waals surface area contributed by atoms with E-state index in [0.717, 1.165) is 5.56 Å². The highest BCUT2D eigenvalue weighted by Crippen LogP contribution is 2.18. The molecule has 0 saturated heterocycles. The first-order chi connectivity index (χ1) is 13.6. The Bertz CT molecular complexity index is 846. The van der Waals surface area contributed by atoms with E-state index in [1.807, 2.05) is 0 Å². The van der Waals surface area contributed by atoms with Gasteiger partial charge in [0.1, 0.15) is 12.1 Å². The van der Waals surface area contributed by atoms with Crippen molar-refractivity contribution in [2.45, 2.75) is 0 Å². The molecule has 164 valence electrons. The number of benzene rings is 2. The average Bonchev–Trinajstić information content (AvgIpc) is 2.60. The molecule has 0 aliphatic rings. The maximum absolute atomic E-state index is 10.2. The molecule has 2 aromatic carbocycles. The first-order valence-electron chi connectivity index (χ1n) is 7.59. The van der Waals surface area contributed by atoms with Gasteiger partial charge in [-0.3, -0.25) is 10.2 Å². The Labute approximate surface area is 200 Å². The molecule has 0 bridgehead atoms. The third kappa shape index (κ3) is 15.8. The lowest BCUT2D eigenvalue weighted by molar-refractivity contribution is 0.112. The van der Waals surface area contributed by atoms with Crippen molar-refractivity contribution in [1.82, 2.24) is 0 Å². The van der Waals surface area contributed by atoms with Gasteiger partial charge in [0.25, 0.3) is 0 Å². The fourth-order valence-electron chi connectivity index (χ4n) is 1.46. The summed E-state index contributed by atoms with van der Waals surface area (Å²) in [6.45, 7) is 0.167. The fraction of sp³-hybridized carbons (Fsp3) is 0.0588. The Morgan fingerprint density at radius 3 is 1.53 bits per heavy atom. The number of aldehydes is 1. The molecule has 0 saturated carbocycles. The van der Waals surface area contributed by atoms with Crippen molar-refractivity contribution in [2.24, 2.45) is 33.1 Å². The standard InChI is InChI=1S/C8H8Cl2N4.C7H4Cl2O.C2H7N3.ClH/c9-6-1-5(2-7(10)3-6)4-13-14-8(11)12;8-6-1-5(4-10)2-7(9)3-6;3-1-2(4)5;/h1-4H,(H4,11,12,14);1-4H;1,3H2,(H3,4,5);1H/b13-4+;;;. The molecule has 0 spiro atoms. The topological polar surface area (TPSA) is 170 Å². The van der Waals surface area contributed by atoms with Gasteiger partial charge in [-0.2, -0.15) is 5.10 Å². The second kappa shape index (κ2) is 16.7. The molecular formula is C17H20Cl5N7O. The van der Waals surface area contributed by atoms with Gasteiger partial charge in [-0.1, -0.05) is 46.4 Å². The molecular weight excluding hydrogens is 496 g/mol. The lowest BCUT2D eigenvalue weighted by Crippen LogP contribution is -2.21. The van der Waals surface area contributed by atoms with E-state index >= 15 is 0 Å². The third-order valence-electron chi connectivity index (χ3n) is 2.51. The number of halogens is 5. The summed E-state index contributed by atoms with van der Waals surface area (Å²) in [5.74, 6) is -0.0700. The summed E-state index contributed by atoms with van der Waals surface area (Å²) >= 11 is 22.7. The minimum atomic E-state index is -0.102. The van der Waals surface area contributed by atoms with E-state index in [0.29, 0.717) is 31.9 Å². The number of nitrogens with one attached hydrogen (secondary N) is 1. The predicted octanol–water partition coefficient (Wildman–Crippen LogP) is 3.71. The van der Waals surface area contributed by atoms with Crippen molar-refractivity contribution < 1.29 is 4.79 Å². The number of guanidine groups is 1. The van der Waals surface area contributed by atoms with Crippen molar-refractivity contribution in [3.63, 3.8) is 0 Å². The second-order valence-electron chi connectivity index (χ2n) is 5.02. The van der Waals surface area contributed by atoms with Crippen molar-refractivity contribution >= 4 is 83.1 Å². The van der Waals surface area contributed by atoms with Gasteiger partial charge >= 0.3 is 0 Å². The molecule has 0 unspecified atom stereocenters. The van der Waals surface area contributed by atoms with Crippen LogP contribution in [0.3, 0.4) is 0 Å². The molecule has 30 heavy (non-hydrogen) atoms. The number of carbonyl (C=O) groups is 1. The van der Waals surface area contributed by atoms with Crippen molar-refractivity contribution in [3.8, 4) is 0 Å². The van der Waals surface area contributed by atoms with Crippen LogP contribution in [0.25, 0.3) is 0 Å². The minimum Gasteiger partial charge on any atom is -0.387 e. The molecule has 0 amide bonds. The highest BCUT2D eigenvalue weighted by Gasteiger charge is 1.95. The molecule has 9 N–H and O–H groups in total.